The second kappa shape index (κ2) is 9.30. The molecule has 162 valence electrons. The zero-order chi connectivity index (χ0) is 21.8. The van der Waals surface area contributed by atoms with Gasteiger partial charge in [-0.25, -0.2) is 4.68 Å². The summed E-state index contributed by atoms with van der Waals surface area (Å²) in [6, 6.07) is 27.4. The van der Waals surface area contributed by atoms with E-state index in [0.29, 0.717) is 19.0 Å². The Labute approximate surface area is 186 Å². The van der Waals surface area contributed by atoms with Gasteiger partial charge in [0.1, 0.15) is 17.8 Å². The highest BCUT2D eigenvalue weighted by Crippen LogP contribution is 2.36. The number of aromatic hydroxyl groups is 1. The molecular formula is C25H25N5O2. The lowest BCUT2D eigenvalue weighted by Crippen LogP contribution is -2.41. The molecule has 1 saturated heterocycles. The Morgan fingerprint density at radius 3 is 1.97 bits per heavy atom. The third kappa shape index (κ3) is 4.00. The van der Waals surface area contributed by atoms with E-state index in [9.17, 15) is 5.11 Å². The largest absolute Gasteiger partial charge is 0.508 e. The van der Waals surface area contributed by atoms with E-state index in [0.717, 1.165) is 29.8 Å². The van der Waals surface area contributed by atoms with Gasteiger partial charge in [0.15, 0.2) is 5.82 Å². The monoisotopic (exact) mass is 427 g/mol. The summed E-state index contributed by atoms with van der Waals surface area (Å²) in [7, 11) is 0. The van der Waals surface area contributed by atoms with Crippen LogP contribution in [0.4, 0.5) is 0 Å². The number of benzene rings is 3. The van der Waals surface area contributed by atoms with Crippen LogP contribution in [0.2, 0.25) is 0 Å². The van der Waals surface area contributed by atoms with Gasteiger partial charge in [-0.15, -0.1) is 5.10 Å². The van der Waals surface area contributed by atoms with Crippen molar-refractivity contribution in [2.45, 2.75) is 12.1 Å². The standard InChI is InChI=1S/C25H25N5O2/c31-22-14-8-7-13-21(22)24(29-15-17-32-18-16-29)25-26-27-28-30(25)23(19-9-3-1-4-10-19)20-11-5-2-6-12-20/h1-14,23-24,31H,15-18H2/t24-/m1/s1. The van der Waals surface area contributed by atoms with Crippen molar-refractivity contribution in [3.8, 4) is 5.75 Å². The molecule has 0 spiro atoms. The quantitative estimate of drug-likeness (QED) is 0.508. The highest BCUT2D eigenvalue weighted by atomic mass is 16.5. The first kappa shape index (κ1) is 20.4. The van der Waals surface area contributed by atoms with Gasteiger partial charge in [0, 0.05) is 18.7 Å². The summed E-state index contributed by atoms with van der Waals surface area (Å²) >= 11 is 0. The Balaban J connectivity index is 1.67. The summed E-state index contributed by atoms with van der Waals surface area (Å²) < 4.78 is 7.47. The average Bonchev–Trinajstić information content (AvgIpc) is 3.32. The van der Waals surface area contributed by atoms with Crippen LogP contribution in [0.5, 0.6) is 5.75 Å². The first-order chi connectivity index (χ1) is 15.8. The molecule has 0 unspecified atom stereocenters. The van der Waals surface area contributed by atoms with E-state index >= 15 is 0 Å². The predicted molar refractivity (Wildman–Crippen MR) is 120 cm³/mol. The fourth-order valence-corrected chi connectivity index (χ4v) is 4.36. The molecule has 1 aliphatic heterocycles. The smallest absolute Gasteiger partial charge is 0.174 e. The van der Waals surface area contributed by atoms with Crippen molar-refractivity contribution >= 4 is 0 Å². The van der Waals surface area contributed by atoms with Crippen LogP contribution in [0, 0.1) is 0 Å². The Morgan fingerprint density at radius 1 is 0.750 bits per heavy atom. The summed E-state index contributed by atoms with van der Waals surface area (Å²) in [4.78, 5) is 2.27. The third-order valence-corrected chi connectivity index (χ3v) is 5.88. The molecule has 0 radical (unpaired) electrons. The molecule has 0 aliphatic carbocycles. The Kier molecular flexibility index (Phi) is 5.91. The molecule has 7 heteroatoms. The van der Waals surface area contributed by atoms with E-state index in [1.165, 1.54) is 0 Å². The van der Waals surface area contributed by atoms with Gasteiger partial charge in [-0.2, -0.15) is 0 Å². The van der Waals surface area contributed by atoms with Crippen LogP contribution >= 0.6 is 0 Å². The second-order valence-electron chi connectivity index (χ2n) is 7.82. The number of hydrogen-bond donors (Lipinski definition) is 1. The van der Waals surface area contributed by atoms with E-state index in [2.05, 4.69) is 44.7 Å². The van der Waals surface area contributed by atoms with E-state index in [-0.39, 0.29) is 17.8 Å². The highest BCUT2D eigenvalue weighted by Gasteiger charge is 2.33. The molecule has 1 aliphatic rings. The molecule has 1 aromatic heterocycles. The van der Waals surface area contributed by atoms with Crippen molar-refractivity contribution in [2.75, 3.05) is 26.3 Å². The van der Waals surface area contributed by atoms with E-state index in [1.54, 1.807) is 6.07 Å². The minimum atomic E-state index is -0.301. The molecule has 3 aromatic carbocycles. The van der Waals surface area contributed by atoms with Crippen molar-refractivity contribution < 1.29 is 9.84 Å². The van der Waals surface area contributed by atoms with Crippen LogP contribution < -0.4 is 0 Å². The maximum atomic E-state index is 10.7. The number of phenolic OH excluding ortho intramolecular Hbond substituents is 1. The molecule has 1 fully saturated rings. The SMILES string of the molecule is Oc1ccccc1[C@H](c1nnnn1C(c1ccccc1)c1ccccc1)N1CCOCC1. The van der Waals surface area contributed by atoms with Gasteiger partial charge in [0.25, 0.3) is 0 Å². The minimum Gasteiger partial charge on any atom is -0.508 e. The number of nitrogens with zero attached hydrogens (tertiary/aromatic N) is 5. The van der Waals surface area contributed by atoms with Crippen LogP contribution in [-0.4, -0.2) is 56.5 Å². The second-order valence-corrected chi connectivity index (χ2v) is 7.82. The van der Waals surface area contributed by atoms with Gasteiger partial charge in [-0.3, -0.25) is 4.90 Å². The van der Waals surface area contributed by atoms with Gasteiger partial charge >= 0.3 is 0 Å². The number of hydrogen-bond acceptors (Lipinski definition) is 6. The molecule has 0 bridgehead atoms. The fourth-order valence-electron chi connectivity index (χ4n) is 4.36. The average molecular weight is 428 g/mol. The molecule has 7 nitrogen and oxygen atoms in total. The van der Waals surface area contributed by atoms with E-state index in [4.69, 9.17) is 4.74 Å². The first-order valence-electron chi connectivity index (χ1n) is 10.8. The highest BCUT2D eigenvalue weighted by molar-refractivity contribution is 5.39. The van der Waals surface area contributed by atoms with Crippen molar-refractivity contribution in [2.24, 2.45) is 0 Å². The zero-order valence-electron chi connectivity index (χ0n) is 17.7. The molecule has 1 atom stereocenters. The van der Waals surface area contributed by atoms with Crippen molar-refractivity contribution in [3.05, 3.63) is 107 Å². The molecule has 32 heavy (non-hydrogen) atoms. The van der Waals surface area contributed by atoms with Crippen LogP contribution in [0.1, 0.15) is 34.6 Å². The Bertz CT molecular complexity index is 1100. The summed E-state index contributed by atoms with van der Waals surface area (Å²) in [5, 5.41) is 23.8. The maximum absolute atomic E-state index is 10.7. The van der Waals surface area contributed by atoms with Crippen molar-refractivity contribution in [3.63, 3.8) is 0 Å². The lowest BCUT2D eigenvalue weighted by Gasteiger charge is -2.35. The van der Waals surface area contributed by atoms with Crippen molar-refractivity contribution in [1.29, 1.82) is 0 Å². The number of ether oxygens (including phenoxy) is 1. The van der Waals surface area contributed by atoms with Crippen molar-refractivity contribution in [1.82, 2.24) is 25.1 Å². The topological polar surface area (TPSA) is 76.3 Å². The minimum absolute atomic E-state index is 0.197. The number of morpholine rings is 1. The lowest BCUT2D eigenvalue weighted by molar-refractivity contribution is 0.0211. The molecule has 2 heterocycles. The van der Waals surface area contributed by atoms with E-state index < -0.39 is 0 Å². The van der Waals surface area contributed by atoms with Crippen LogP contribution in [-0.2, 0) is 4.74 Å². The Hall–Kier alpha value is -3.55. The molecule has 5 rings (SSSR count). The predicted octanol–water partition coefficient (Wildman–Crippen LogP) is 3.44. The van der Waals surface area contributed by atoms with Crippen LogP contribution in [0.15, 0.2) is 84.9 Å². The summed E-state index contributed by atoms with van der Waals surface area (Å²) in [6.07, 6.45) is 0. The van der Waals surface area contributed by atoms with Gasteiger partial charge in [-0.05, 0) is 27.6 Å². The summed E-state index contributed by atoms with van der Waals surface area (Å²) in [6.45, 7) is 2.72. The van der Waals surface area contributed by atoms with Crippen LogP contribution in [0.25, 0.3) is 0 Å². The molecule has 1 N–H and O–H groups in total. The normalized spacial score (nSPS) is 15.7. The maximum Gasteiger partial charge on any atom is 0.174 e. The number of para-hydroxylation sites is 1. The van der Waals surface area contributed by atoms with Crippen LogP contribution in [0.3, 0.4) is 0 Å². The summed E-state index contributed by atoms with van der Waals surface area (Å²) in [5.41, 5.74) is 2.96. The van der Waals surface area contributed by atoms with Gasteiger partial charge in [-0.1, -0.05) is 78.9 Å². The first-order valence-corrected chi connectivity index (χ1v) is 10.8. The lowest BCUT2D eigenvalue weighted by atomic mass is 9.97. The number of rotatable bonds is 6. The van der Waals surface area contributed by atoms with Gasteiger partial charge in [0.05, 0.1) is 13.2 Å². The molecule has 4 aromatic rings. The third-order valence-electron chi connectivity index (χ3n) is 5.88. The number of phenols is 1. The number of tetrazole rings is 1. The summed E-state index contributed by atoms with van der Waals surface area (Å²) in [5.74, 6) is 0.917. The molecular weight excluding hydrogens is 402 g/mol. The Morgan fingerprint density at radius 2 is 1.34 bits per heavy atom. The van der Waals surface area contributed by atoms with Gasteiger partial charge < -0.3 is 9.84 Å². The van der Waals surface area contributed by atoms with E-state index in [1.807, 2.05) is 59.3 Å². The zero-order valence-corrected chi connectivity index (χ0v) is 17.7. The molecule has 0 saturated carbocycles. The van der Waals surface area contributed by atoms with Gasteiger partial charge in [0.2, 0.25) is 0 Å². The fraction of sp³-hybridized carbons (Fsp3) is 0.240. The number of aromatic nitrogens is 4. The molecule has 0 amide bonds.